The van der Waals surface area contributed by atoms with Gasteiger partial charge in [-0.15, -0.1) is 0 Å². The molecule has 1 fully saturated rings. The van der Waals surface area contributed by atoms with Crippen molar-refractivity contribution in [2.24, 2.45) is 0 Å². The first-order valence-corrected chi connectivity index (χ1v) is 11.1. The smallest absolute Gasteiger partial charge is 0.262 e. The number of nitrogens with zero attached hydrogens (tertiary/aromatic N) is 1. The van der Waals surface area contributed by atoms with Crippen LogP contribution in [-0.2, 0) is 14.8 Å². The van der Waals surface area contributed by atoms with Gasteiger partial charge in [-0.25, -0.2) is 8.42 Å². The molecule has 1 aliphatic rings. The van der Waals surface area contributed by atoms with Crippen LogP contribution < -0.4 is 10.0 Å². The number of carbonyl (C=O) groups is 1. The van der Waals surface area contributed by atoms with Crippen molar-refractivity contribution in [1.29, 1.82) is 0 Å². The average Bonchev–Trinajstić information content (AvgIpc) is 2.70. The highest BCUT2D eigenvalue weighted by Crippen LogP contribution is 2.21. The zero-order valence-electron chi connectivity index (χ0n) is 16.8. The maximum atomic E-state index is 12.8. The summed E-state index contributed by atoms with van der Waals surface area (Å²) in [6, 6.07) is 11.8. The SMILES string of the molecule is Cc1ccc(C)c(S(=O)(=O)Nc2cccc(C(=O)NCCN3CCOCC3)c2)c1. The Balaban J connectivity index is 1.64. The first-order chi connectivity index (χ1) is 13.8. The van der Waals surface area contributed by atoms with Gasteiger partial charge < -0.3 is 10.1 Å². The second-order valence-electron chi connectivity index (χ2n) is 7.17. The molecular formula is C21H27N3O4S. The first kappa shape index (κ1) is 21.3. The molecule has 1 aliphatic heterocycles. The third-order valence-electron chi connectivity index (χ3n) is 4.83. The molecule has 2 N–H and O–H groups in total. The van der Waals surface area contributed by atoms with Crippen LogP contribution in [0.2, 0.25) is 0 Å². The van der Waals surface area contributed by atoms with Crippen LogP contribution in [0.3, 0.4) is 0 Å². The van der Waals surface area contributed by atoms with Crippen LogP contribution in [0.25, 0.3) is 0 Å². The van der Waals surface area contributed by atoms with Crippen molar-refractivity contribution in [3.8, 4) is 0 Å². The molecule has 1 heterocycles. The molecule has 0 atom stereocenters. The molecule has 0 aromatic heterocycles. The van der Waals surface area contributed by atoms with Crippen molar-refractivity contribution in [2.75, 3.05) is 44.1 Å². The highest BCUT2D eigenvalue weighted by Gasteiger charge is 2.18. The monoisotopic (exact) mass is 417 g/mol. The molecule has 3 rings (SSSR count). The number of morpholine rings is 1. The van der Waals surface area contributed by atoms with Gasteiger partial charge in [0.15, 0.2) is 0 Å². The molecule has 0 bridgehead atoms. The van der Waals surface area contributed by atoms with E-state index in [-0.39, 0.29) is 10.8 Å². The number of hydrogen-bond acceptors (Lipinski definition) is 5. The van der Waals surface area contributed by atoms with Gasteiger partial charge in [0.1, 0.15) is 0 Å². The molecule has 2 aromatic carbocycles. The maximum Gasteiger partial charge on any atom is 0.262 e. The quantitative estimate of drug-likeness (QED) is 0.721. The summed E-state index contributed by atoms with van der Waals surface area (Å²) in [4.78, 5) is 14.9. The summed E-state index contributed by atoms with van der Waals surface area (Å²) < 4.78 is 33.4. The fraction of sp³-hybridized carbons (Fsp3) is 0.381. The Hall–Kier alpha value is -2.42. The van der Waals surface area contributed by atoms with E-state index < -0.39 is 10.0 Å². The van der Waals surface area contributed by atoms with Crippen molar-refractivity contribution in [1.82, 2.24) is 10.2 Å². The van der Waals surface area contributed by atoms with Crippen molar-refractivity contribution in [3.05, 3.63) is 59.2 Å². The molecule has 0 saturated carbocycles. The van der Waals surface area contributed by atoms with Crippen molar-refractivity contribution in [2.45, 2.75) is 18.7 Å². The van der Waals surface area contributed by atoms with Crippen LogP contribution in [0.5, 0.6) is 0 Å². The predicted molar refractivity (Wildman–Crippen MR) is 113 cm³/mol. The number of benzene rings is 2. The summed E-state index contributed by atoms with van der Waals surface area (Å²) in [7, 11) is -3.74. The van der Waals surface area contributed by atoms with Crippen LogP contribution in [-0.4, -0.2) is 58.6 Å². The number of sulfonamides is 1. The van der Waals surface area contributed by atoms with Gasteiger partial charge >= 0.3 is 0 Å². The van der Waals surface area contributed by atoms with E-state index in [1.54, 1.807) is 43.3 Å². The molecule has 0 aliphatic carbocycles. The lowest BCUT2D eigenvalue weighted by molar-refractivity contribution is 0.0383. The highest BCUT2D eigenvalue weighted by atomic mass is 32.2. The number of carbonyl (C=O) groups excluding carboxylic acids is 1. The lowest BCUT2D eigenvalue weighted by atomic mass is 10.2. The van der Waals surface area contributed by atoms with E-state index in [4.69, 9.17) is 4.74 Å². The summed E-state index contributed by atoms with van der Waals surface area (Å²) in [5.41, 5.74) is 2.30. The van der Waals surface area contributed by atoms with E-state index >= 15 is 0 Å². The lowest BCUT2D eigenvalue weighted by Crippen LogP contribution is -2.41. The molecule has 7 nitrogen and oxygen atoms in total. The Kier molecular flexibility index (Phi) is 6.89. The van der Waals surface area contributed by atoms with Crippen molar-refractivity contribution in [3.63, 3.8) is 0 Å². The van der Waals surface area contributed by atoms with E-state index in [0.717, 1.165) is 38.4 Å². The van der Waals surface area contributed by atoms with E-state index in [9.17, 15) is 13.2 Å². The normalized spacial score (nSPS) is 15.1. The topological polar surface area (TPSA) is 87.7 Å². The molecule has 0 spiro atoms. The standard InChI is InChI=1S/C21H27N3O4S/c1-16-6-7-17(2)20(14-16)29(26,27)23-19-5-3-4-18(15-19)21(25)22-8-9-24-10-12-28-13-11-24/h3-7,14-15,23H,8-13H2,1-2H3,(H,22,25). The molecular weight excluding hydrogens is 390 g/mol. The maximum absolute atomic E-state index is 12.8. The third-order valence-corrected chi connectivity index (χ3v) is 6.35. The Morgan fingerprint density at radius 1 is 1.10 bits per heavy atom. The number of nitrogens with one attached hydrogen (secondary N) is 2. The zero-order valence-corrected chi connectivity index (χ0v) is 17.6. The van der Waals surface area contributed by atoms with Gasteiger partial charge in [0.25, 0.3) is 15.9 Å². The average molecular weight is 418 g/mol. The summed E-state index contributed by atoms with van der Waals surface area (Å²) in [6.45, 7) is 8.06. The number of ether oxygens (including phenoxy) is 1. The largest absolute Gasteiger partial charge is 0.379 e. The number of rotatable bonds is 7. The Bertz CT molecular complexity index is 970. The van der Waals surface area contributed by atoms with Gasteiger partial charge in [-0.2, -0.15) is 0 Å². The first-order valence-electron chi connectivity index (χ1n) is 9.63. The number of amides is 1. The van der Waals surface area contributed by atoms with Gasteiger partial charge in [0.05, 0.1) is 18.1 Å². The highest BCUT2D eigenvalue weighted by molar-refractivity contribution is 7.92. The molecule has 0 radical (unpaired) electrons. The minimum atomic E-state index is -3.74. The van der Waals surface area contributed by atoms with Crippen LogP contribution in [0, 0.1) is 13.8 Å². The van der Waals surface area contributed by atoms with E-state index in [1.165, 1.54) is 0 Å². The summed E-state index contributed by atoms with van der Waals surface area (Å²) >= 11 is 0. The molecule has 0 unspecified atom stereocenters. The third kappa shape index (κ3) is 5.79. The fourth-order valence-corrected chi connectivity index (χ4v) is 4.57. The number of aryl methyl sites for hydroxylation is 2. The number of anilines is 1. The van der Waals surface area contributed by atoms with E-state index in [1.807, 2.05) is 13.0 Å². The van der Waals surface area contributed by atoms with Crippen molar-refractivity contribution >= 4 is 21.6 Å². The molecule has 156 valence electrons. The van der Waals surface area contributed by atoms with Crippen LogP contribution in [0.15, 0.2) is 47.4 Å². The van der Waals surface area contributed by atoms with Gasteiger partial charge in [-0.05, 0) is 49.2 Å². The van der Waals surface area contributed by atoms with Gasteiger partial charge in [-0.1, -0.05) is 18.2 Å². The summed E-state index contributed by atoms with van der Waals surface area (Å²) in [5, 5.41) is 2.89. The van der Waals surface area contributed by atoms with E-state index in [0.29, 0.717) is 23.4 Å². The minimum Gasteiger partial charge on any atom is -0.379 e. The molecule has 8 heteroatoms. The van der Waals surface area contributed by atoms with Crippen LogP contribution in [0.4, 0.5) is 5.69 Å². The van der Waals surface area contributed by atoms with Crippen molar-refractivity contribution < 1.29 is 17.9 Å². The van der Waals surface area contributed by atoms with Crippen LogP contribution >= 0.6 is 0 Å². The van der Waals surface area contributed by atoms with E-state index in [2.05, 4.69) is 14.9 Å². The Morgan fingerprint density at radius 2 is 1.86 bits per heavy atom. The molecule has 1 saturated heterocycles. The minimum absolute atomic E-state index is 0.231. The van der Waals surface area contributed by atoms with Gasteiger partial charge in [0, 0.05) is 37.4 Å². The van der Waals surface area contributed by atoms with Gasteiger partial charge in [-0.3, -0.25) is 14.4 Å². The second kappa shape index (κ2) is 9.39. The second-order valence-corrected chi connectivity index (χ2v) is 8.82. The molecule has 1 amide bonds. The Labute approximate surface area is 172 Å². The zero-order chi connectivity index (χ0) is 20.9. The summed E-state index contributed by atoms with van der Waals surface area (Å²) in [6.07, 6.45) is 0. The Morgan fingerprint density at radius 3 is 2.62 bits per heavy atom. The van der Waals surface area contributed by atoms with Gasteiger partial charge in [0.2, 0.25) is 0 Å². The molecule has 2 aromatic rings. The number of hydrogen-bond donors (Lipinski definition) is 2. The fourth-order valence-electron chi connectivity index (χ4n) is 3.19. The summed E-state index contributed by atoms with van der Waals surface area (Å²) in [5.74, 6) is -0.231. The predicted octanol–water partition coefficient (Wildman–Crippen LogP) is 2.17. The molecule has 29 heavy (non-hydrogen) atoms. The lowest BCUT2D eigenvalue weighted by Gasteiger charge is -2.26. The van der Waals surface area contributed by atoms with Crippen LogP contribution in [0.1, 0.15) is 21.5 Å².